The van der Waals surface area contributed by atoms with E-state index < -0.39 is 0 Å². The second-order valence-electron chi connectivity index (χ2n) is 5.89. The fourth-order valence-corrected chi connectivity index (χ4v) is 2.57. The average molecular weight is 365 g/mol. The third-order valence-electron chi connectivity index (χ3n) is 3.99. The van der Waals surface area contributed by atoms with E-state index in [0.717, 1.165) is 22.7 Å². The largest absolute Gasteiger partial charge is 0.495 e. The fourth-order valence-electron chi connectivity index (χ4n) is 2.57. The number of para-hydroxylation sites is 2. The SMILES string of the molecule is COc1ccccc1Nc1ccc(C(=O)NCCc2ccc(F)cc2)nc1. The van der Waals surface area contributed by atoms with Gasteiger partial charge in [-0.1, -0.05) is 24.3 Å². The molecule has 5 nitrogen and oxygen atoms in total. The Balaban J connectivity index is 1.54. The highest BCUT2D eigenvalue weighted by atomic mass is 19.1. The fraction of sp³-hybridized carbons (Fsp3) is 0.143. The second-order valence-corrected chi connectivity index (χ2v) is 5.89. The van der Waals surface area contributed by atoms with Crippen molar-refractivity contribution >= 4 is 17.3 Å². The van der Waals surface area contributed by atoms with E-state index in [1.54, 1.807) is 37.6 Å². The standard InChI is InChI=1S/C21H20FN3O2/c1-27-20-5-3-2-4-18(20)25-17-10-11-19(24-14-17)21(26)23-13-12-15-6-8-16(22)9-7-15/h2-11,14,25H,12-13H2,1H3,(H,23,26). The van der Waals surface area contributed by atoms with Gasteiger partial charge in [0.1, 0.15) is 17.3 Å². The van der Waals surface area contributed by atoms with Gasteiger partial charge in [-0.05, 0) is 48.4 Å². The summed E-state index contributed by atoms with van der Waals surface area (Å²) in [6.45, 7) is 0.452. The number of amides is 1. The summed E-state index contributed by atoms with van der Waals surface area (Å²) < 4.78 is 18.2. The van der Waals surface area contributed by atoms with E-state index in [2.05, 4.69) is 15.6 Å². The summed E-state index contributed by atoms with van der Waals surface area (Å²) in [7, 11) is 1.61. The molecule has 3 rings (SSSR count). The van der Waals surface area contributed by atoms with Gasteiger partial charge < -0.3 is 15.4 Å². The lowest BCUT2D eigenvalue weighted by Gasteiger charge is -2.11. The minimum absolute atomic E-state index is 0.249. The van der Waals surface area contributed by atoms with Gasteiger partial charge in [-0.15, -0.1) is 0 Å². The van der Waals surface area contributed by atoms with Crippen LogP contribution >= 0.6 is 0 Å². The maximum Gasteiger partial charge on any atom is 0.269 e. The average Bonchev–Trinajstić information content (AvgIpc) is 2.70. The molecule has 0 aliphatic carbocycles. The van der Waals surface area contributed by atoms with Crippen LogP contribution in [0.2, 0.25) is 0 Å². The van der Waals surface area contributed by atoms with Crippen molar-refractivity contribution in [1.82, 2.24) is 10.3 Å². The van der Waals surface area contributed by atoms with Crippen LogP contribution in [0.1, 0.15) is 16.1 Å². The van der Waals surface area contributed by atoms with Crippen molar-refractivity contribution in [3.8, 4) is 5.75 Å². The molecule has 1 heterocycles. The number of aromatic nitrogens is 1. The van der Waals surface area contributed by atoms with E-state index in [1.807, 2.05) is 24.3 Å². The van der Waals surface area contributed by atoms with Crippen molar-refractivity contribution < 1.29 is 13.9 Å². The van der Waals surface area contributed by atoms with Crippen molar-refractivity contribution in [1.29, 1.82) is 0 Å². The number of hydrogen-bond donors (Lipinski definition) is 2. The molecule has 1 aromatic heterocycles. The number of ether oxygens (including phenoxy) is 1. The lowest BCUT2D eigenvalue weighted by Crippen LogP contribution is -2.26. The zero-order valence-corrected chi connectivity index (χ0v) is 14.9. The van der Waals surface area contributed by atoms with Crippen molar-refractivity contribution in [2.75, 3.05) is 19.0 Å². The van der Waals surface area contributed by atoms with Crippen molar-refractivity contribution in [2.45, 2.75) is 6.42 Å². The zero-order chi connectivity index (χ0) is 19.1. The summed E-state index contributed by atoms with van der Waals surface area (Å²) >= 11 is 0. The molecule has 2 aromatic carbocycles. The normalized spacial score (nSPS) is 10.3. The predicted octanol–water partition coefficient (Wildman–Crippen LogP) is 3.95. The smallest absolute Gasteiger partial charge is 0.269 e. The van der Waals surface area contributed by atoms with Gasteiger partial charge in [-0.2, -0.15) is 0 Å². The molecular weight excluding hydrogens is 345 g/mol. The van der Waals surface area contributed by atoms with E-state index >= 15 is 0 Å². The second kappa shape index (κ2) is 8.80. The summed E-state index contributed by atoms with van der Waals surface area (Å²) in [4.78, 5) is 16.4. The van der Waals surface area contributed by atoms with Crippen LogP contribution in [0.3, 0.4) is 0 Å². The molecule has 0 radical (unpaired) electrons. The third kappa shape index (κ3) is 5.04. The van der Waals surface area contributed by atoms with Gasteiger partial charge in [0, 0.05) is 6.54 Å². The highest BCUT2D eigenvalue weighted by Gasteiger charge is 2.08. The summed E-state index contributed by atoms with van der Waals surface area (Å²) in [6, 6.07) is 17.2. The van der Waals surface area contributed by atoms with Crippen LogP contribution in [0.15, 0.2) is 66.9 Å². The molecule has 0 saturated heterocycles. The molecule has 2 N–H and O–H groups in total. The Kier molecular flexibility index (Phi) is 5.99. The molecule has 0 atom stereocenters. The zero-order valence-electron chi connectivity index (χ0n) is 14.9. The van der Waals surface area contributed by atoms with Crippen LogP contribution in [0.5, 0.6) is 5.75 Å². The Labute approximate surface area is 157 Å². The summed E-state index contributed by atoms with van der Waals surface area (Å²) in [5.41, 5.74) is 2.86. The topological polar surface area (TPSA) is 63.2 Å². The molecular formula is C21H20FN3O2. The molecule has 0 aliphatic rings. The quantitative estimate of drug-likeness (QED) is 0.666. The number of carbonyl (C=O) groups excluding carboxylic acids is 1. The molecule has 6 heteroatoms. The van der Waals surface area contributed by atoms with Gasteiger partial charge in [0.05, 0.1) is 24.7 Å². The number of nitrogens with zero attached hydrogens (tertiary/aromatic N) is 1. The number of hydrogen-bond acceptors (Lipinski definition) is 4. The Morgan fingerprint density at radius 2 is 1.85 bits per heavy atom. The first kappa shape index (κ1) is 18.4. The minimum Gasteiger partial charge on any atom is -0.495 e. The van der Waals surface area contributed by atoms with Gasteiger partial charge in [0.15, 0.2) is 0 Å². The van der Waals surface area contributed by atoms with Gasteiger partial charge in [-0.25, -0.2) is 9.37 Å². The van der Waals surface area contributed by atoms with Crippen molar-refractivity contribution in [2.24, 2.45) is 0 Å². The number of pyridine rings is 1. The number of methoxy groups -OCH3 is 1. The van der Waals surface area contributed by atoms with E-state index in [4.69, 9.17) is 4.74 Å². The lowest BCUT2D eigenvalue weighted by atomic mass is 10.1. The van der Waals surface area contributed by atoms with E-state index in [-0.39, 0.29) is 11.7 Å². The summed E-state index contributed by atoms with van der Waals surface area (Å²) in [6.07, 6.45) is 2.22. The summed E-state index contributed by atoms with van der Waals surface area (Å²) in [5.74, 6) is 0.204. The number of benzene rings is 2. The molecule has 0 unspecified atom stereocenters. The third-order valence-corrected chi connectivity index (χ3v) is 3.99. The number of halogens is 1. The molecule has 1 amide bonds. The maximum absolute atomic E-state index is 12.9. The van der Waals surface area contributed by atoms with Gasteiger partial charge in [-0.3, -0.25) is 4.79 Å². The molecule has 27 heavy (non-hydrogen) atoms. The number of carbonyl (C=O) groups is 1. The van der Waals surface area contributed by atoms with E-state index in [9.17, 15) is 9.18 Å². The van der Waals surface area contributed by atoms with Crippen LogP contribution in [-0.4, -0.2) is 24.5 Å². The molecule has 0 saturated carbocycles. The van der Waals surface area contributed by atoms with E-state index in [1.165, 1.54) is 12.1 Å². The monoisotopic (exact) mass is 365 g/mol. The Morgan fingerprint density at radius 3 is 2.56 bits per heavy atom. The molecule has 0 fully saturated rings. The Bertz CT molecular complexity index is 896. The minimum atomic E-state index is -0.270. The molecule has 0 bridgehead atoms. The first-order chi connectivity index (χ1) is 13.2. The molecule has 3 aromatic rings. The number of rotatable bonds is 7. The van der Waals surface area contributed by atoms with E-state index in [0.29, 0.717) is 18.7 Å². The highest BCUT2D eigenvalue weighted by Crippen LogP contribution is 2.26. The van der Waals surface area contributed by atoms with Crippen LogP contribution < -0.4 is 15.4 Å². The van der Waals surface area contributed by atoms with Crippen LogP contribution in [0.4, 0.5) is 15.8 Å². The predicted molar refractivity (Wildman–Crippen MR) is 103 cm³/mol. The van der Waals surface area contributed by atoms with Crippen molar-refractivity contribution in [3.63, 3.8) is 0 Å². The Hall–Kier alpha value is -3.41. The first-order valence-electron chi connectivity index (χ1n) is 8.54. The summed E-state index contributed by atoms with van der Waals surface area (Å²) in [5, 5.41) is 6.02. The van der Waals surface area contributed by atoms with Crippen LogP contribution in [0.25, 0.3) is 0 Å². The number of nitrogens with one attached hydrogen (secondary N) is 2. The lowest BCUT2D eigenvalue weighted by molar-refractivity contribution is 0.0949. The van der Waals surface area contributed by atoms with Crippen molar-refractivity contribution in [3.05, 3.63) is 83.9 Å². The molecule has 0 spiro atoms. The van der Waals surface area contributed by atoms with Crippen LogP contribution in [0, 0.1) is 5.82 Å². The maximum atomic E-state index is 12.9. The highest BCUT2D eigenvalue weighted by molar-refractivity contribution is 5.92. The molecule has 138 valence electrons. The number of anilines is 2. The van der Waals surface area contributed by atoms with Gasteiger partial charge in [0.25, 0.3) is 5.91 Å². The Morgan fingerprint density at radius 1 is 1.07 bits per heavy atom. The van der Waals surface area contributed by atoms with Gasteiger partial charge >= 0.3 is 0 Å². The van der Waals surface area contributed by atoms with Crippen LogP contribution in [-0.2, 0) is 6.42 Å². The molecule has 0 aliphatic heterocycles. The van der Waals surface area contributed by atoms with Gasteiger partial charge in [0.2, 0.25) is 0 Å². The first-order valence-corrected chi connectivity index (χ1v) is 8.54.